The minimum Gasteiger partial charge on any atom is -0.402 e. The number of nitrogens with zero attached hydrogens (tertiary/aromatic N) is 3. The Balaban J connectivity index is 1.98. The maximum absolute atomic E-state index is 8.70. The lowest BCUT2D eigenvalue weighted by Gasteiger charge is -2.34. The molecule has 0 amide bonds. The van der Waals surface area contributed by atoms with Crippen molar-refractivity contribution in [1.82, 2.24) is 9.80 Å². The van der Waals surface area contributed by atoms with E-state index in [1.165, 1.54) is 12.6 Å². The molecule has 7 nitrogen and oxygen atoms in total. The summed E-state index contributed by atoms with van der Waals surface area (Å²) in [6.07, 6.45) is 7.73. The highest BCUT2D eigenvalue weighted by Crippen LogP contribution is 2.27. The van der Waals surface area contributed by atoms with Gasteiger partial charge < -0.3 is 26.7 Å². The van der Waals surface area contributed by atoms with Crippen LogP contribution in [0.4, 0.5) is 11.4 Å². The first-order valence-electron chi connectivity index (χ1n) is 10.6. The summed E-state index contributed by atoms with van der Waals surface area (Å²) in [7, 11) is 2.10. The summed E-state index contributed by atoms with van der Waals surface area (Å²) in [5, 5.41) is 16.6. The summed E-state index contributed by atoms with van der Waals surface area (Å²) in [5.74, 6) is 0.439. The average molecular weight is 408 g/mol. The van der Waals surface area contributed by atoms with Gasteiger partial charge in [0.25, 0.3) is 0 Å². The highest BCUT2D eigenvalue weighted by molar-refractivity contribution is 6.24. The van der Waals surface area contributed by atoms with Crippen molar-refractivity contribution in [3.63, 3.8) is 0 Å². The van der Waals surface area contributed by atoms with E-state index in [1.54, 1.807) is 6.92 Å². The highest BCUT2D eigenvalue weighted by atomic mass is 15.3. The summed E-state index contributed by atoms with van der Waals surface area (Å²) in [6.45, 7) is 5.29. The SMILES string of the molecule is CC(N)=C(C=N)C(=Nc1ccc(N)c(C(=N)N2CCN(C)CC2)c1)C1=CCCCC1. The van der Waals surface area contributed by atoms with Gasteiger partial charge in [0.05, 0.1) is 11.4 Å². The molecule has 3 rings (SSSR count). The molecule has 6 N–H and O–H groups in total. The van der Waals surface area contributed by atoms with Gasteiger partial charge in [-0.3, -0.25) is 5.41 Å². The number of likely N-dealkylation sites (N-methyl/N-ethyl adjacent to an activating group) is 1. The van der Waals surface area contributed by atoms with Crippen molar-refractivity contribution in [2.45, 2.75) is 32.6 Å². The third-order valence-electron chi connectivity index (χ3n) is 5.77. The van der Waals surface area contributed by atoms with Crippen LogP contribution in [-0.4, -0.2) is 60.8 Å². The van der Waals surface area contributed by atoms with Gasteiger partial charge >= 0.3 is 0 Å². The van der Waals surface area contributed by atoms with Crippen molar-refractivity contribution in [2.75, 3.05) is 39.0 Å². The van der Waals surface area contributed by atoms with Gasteiger partial charge in [0.1, 0.15) is 5.84 Å². The number of anilines is 1. The Morgan fingerprint density at radius 1 is 1.17 bits per heavy atom. The lowest BCUT2D eigenvalue weighted by Crippen LogP contribution is -2.47. The molecule has 0 unspecified atom stereocenters. The Labute approximate surface area is 179 Å². The zero-order chi connectivity index (χ0) is 21.7. The summed E-state index contributed by atoms with van der Waals surface area (Å²) in [4.78, 5) is 9.22. The van der Waals surface area contributed by atoms with Gasteiger partial charge in [0, 0.05) is 54.9 Å². The van der Waals surface area contributed by atoms with Gasteiger partial charge in [-0.15, -0.1) is 0 Å². The second kappa shape index (κ2) is 9.71. The fourth-order valence-corrected chi connectivity index (χ4v) is 3.88. The predicted octanol–water partition coefficient (Wildman–Crippen LogP) is 3.30. The van der Waals surface area contributed by atoms with Crippen LogP contribution in [0.15, 0.2) is 46.1 Å². The molecule has 0 radical (unpaired) electrons. The third kappa shape index (κ3) is 4.97. The lowest BCUT2D eigenvalue weighted by atomic mass is 9.91. The molecule has 1 aliphatic heterocycles. The molecule has 0 bridgehead atoms. The first kappa shape index (κ1) is 21.8. The van der Waals surface area contributed by atoms with Crippen molar-refractivity contribution in [3.8, 4) is 0 Å². The molecule has 1 fully saturated rings. The van der Waals surface area contributed by atoms with Crippen LogP contribution >= 0.6 is 0 Å². The van der Waals surface area contributed by atoms with E-state index in [0.717, 1.165) is 62.4 Å². The highest BCUT2D eigenvalue weighted by Gasteiger charge is 2.20. The largest absolute Gasteiger partial charge is 0.402 e. The Hall–Kier alpha value is -2.93. The second-order valence-electron chi connectivity index (χ2n) is 8.09. The van der Waals surface area contributed by atoms with E-state index in [-0.39, 0.29) is 0 Å². The standard InChI is InChI=1S/C23H33N7/c1-16(25)20(15-24)22(17-6-4-3-5-7-17)28-18-8-9-21(26)19(14-18)23(27)30-12-10-29(2)11-13-30/h6,8-9,14-15,24,27H,3-5,7,10-13,25-26H2,1-2H3. The molecule has 1 saturated heterocycles. The molecule has 0 atom stereocenters. The van der Waals surface area contributed by atoms with E-state index in [2.05, 4.69) is 22.9 Å². The maximum Gasteiger partial charge on any atom is 0.130 e. The molecule has 0 saturated carbocycles. The molecule has 0 aromatic heterocycles. The topological polar surface area (TPSA) is 119 Å². The normalized spacial score (nSPS) is 19.2. The molecule has 1 aliphatic carbocycles. The second-order valence-corrected chi connectivity index (χ2v) is 8.09. The number of rotatable bonds is 5. The molecule has 0 spiro atoms. The molecule has 1 aromatic rings. The molecule has 2 aliphatic rings. The number of amidine groups is 1. The molecular formula is C23H33N7. The van der Waals surface area contributed by atoms with Gasteiger partial charge in [-0.05, 0) is 63.4 Å². The Kier molecular flexibility index (Phi) is 7.05. The van der Waals surface area contributed by atoms with Gasteiger partial charge in [-0.25, -0.2) is 4.99 Å². The van der Waals surface area contributed by atoms with Crippen LogP contribution in [0.25, 0.3) is 0 Å². The number of nitrogens with two attached hydrogens (primary N) is 2. The van der Waals surface area contributed by atoms with Crippen molar-refractivity contribution in [1.29, 1.82) is 10.8 Å². The summed E-state index contributed by atoms with van der Waals surface area (Å²) in [5.41, 5.74) is 17.4. The van der Waals surface area contributed by atoms with E-state index in [4.69, 9.17) is 27.3 Å². The first-order chi connectivity index (χ1) is 14.4. The van der Waals surface area contributed by atoms with E-state index < -0.39 is 0 Å². The zero-order valence-corrected chi connectivity index (χ0v) is 18.0. The minimum absolute atomic E-state index is 0.439. The Bertz CT molecular complexity index is 898. The van der Waals surface area contributed by atoms with E-state index >= 15 is 0 Å². The quantitative estimate of drug-likeness (QED) is 0.340. The average Bonchev–Trinajstić information content (AvgIpc) is 2.75. The zero-order valence-electron chi connectivity index (χ0n) is 18.0. The number of hydrogen-bond acceptors (Lipinski definition) is 6. The summed E-state index contributed by atoms with van der Waals surface area (Å²) >= 11 is 0. The molecule has 30 heavy (non-hydrogen) atoms. The molecule has 160 valence electrons. The Morgan fingerprint density at radius 3 is 2.50 bits per heavy atom. The van der Waals surface area contributed by atoms with Crippen LogP contribution in [0.3, 0.4) is 0 Å². The van der Waals surface area contributed by atoms with Crippen LogP contribution < -0.4 is 11.5 Å². The number of hydrogen-bond donors (Lipinski definition) is 4. The van der Waals surface area contributed by atoms with Gasteiger partial charge in [0.2, 0.25) is 0 Å². The molecule has 1 aromatic carbocycles. The predicted molar refractivity (Wildman–Crippen MR) is 126 cm³/mol. The fourth-order valence-electron chi connectivity index (χ4n) is 3.88. The van der Waals surface area contributed by atoms with Gasteiger partial charge in [-0.1, -0.05) is 6.08 Å². The third-order valence-corrected chi connectivity index (χ3v) is 5.77. The monoisotopic (exact) mass is 407 g/mol. The maximum atomic E-state index is 8.70. The number of aliphatic imine (C=N–C) groups is 1. The van der Waals surface area contributed by atoms with Crippen LogP contribution in [0.1, 0.15) is 38.2 Å². The van der Waals surface area contributed by atoms with E-state index in [0.29, 0.717) is 28.4 Å². The van der Waals surface area contributed by atoms with Crippen LogP contribution in [0.5, 0.6) is 0 Å². The number of piperazine rings is 1. The smallest absolute Gasteiger partial charge is 0.130 e. The van der Waals surface area contributed by atoms with Crippen molar-refractivity contribution in [3.05, 3.63) is 46.7 Å². The number of allylic oxidation sites excluding steroid dienone is 4. The number of nitrogen functional groups attached to an aromatic ring is 1. The van der Waals surface area contributed by atoms with Crippen molar-refractivity contribution >= 4 is 29.1 Å². The van der Waals surface area contributed by atoms with E-state index in [9.17, 15) is 0 Å². The summed E-state index contributed by atoms with van der Waals surface area (Å²) in [6, 6.07) is 5.56. The molecule has 7 heteroatoms. The van der Waals surface area contributed by atoms with Crippen LogP contribution in [0.2, 0.25) is 0 Å². The van der Waals surface area contributed by atoms with Gasteiger partial charge in [0.15, 0.2) is 0 Å². The lowest BCUT2D eigenvalue weighted by molar-refractivity contribution is 0.215. The van der Waals surface area contributed by atoms with E-state index in [1.807, 2.05) is 18.2 Å². The van der Waals surface area contributed by atoms with Gasteiger partial charge in [-0.2, -0.15) is 0 Å². The van der Waals surface area contributed by atoms with Crippen molar-refractivity contribution < 1.29 is 0 Å². The number of benzene rings is 1. The van der Waals surface area contributed by atoms with Crippen LogP contribution in [0, 0.1) is 10.8 Å². The summed E-state index contributed by atoms with van der Waals surface area (Å²) < 4.78 is 0. The number of nitrogens with one attached hydrogen (secondary N) is 2. The van der Waals surface area contributed by atoms with Crippen molar-refractivity contribution in [2.24, 2.45) is 10.7 Å². The molecule has 1 heterocycles. The fraction of sp³-hybridized carbons (Fsp3) is 0.435. The molecular weight excluding hydrogens is 374 g/mol. The first-order valence-corrected chi connectivity index (χ1v) is 10.6. The van der Waals surface area contributed by atoms with Crippen LogP contribution in [-0.2, 0) is 0 Å². The minimum atomic E-state index is 0.439. The Morgan fingerprint density at radius 2 is 1.90 bits per heavy atom.